The number of para-hydroxylation sites is 1. The van der Waals surface area contributed by atoms with E-state index in [9.17, 15) is 9.59 Å². The Balaban J connectivity index is 1.96. The Labute approximate surface area is 155 Å². The second kappa shape index (κ2) is 7.53. The molecule has 1 heterocycles. The van der Waals surface area contributed by atoms with Crippen LogP contribution in [0.5, 0.6) is 0 Å². The summed E-state index contributed by atoms with van der Waals surface area (Å²) < 4.78 is 0. The fourth-order valence-electron chi connectivity index (χ4n) is 3.00. The lowest BCUT2D eigenvalue weighted by molar-refractivity contribution is 0.977. The van der Waals surface area contributed by atoms with E-state index in [2.05, 4.69) is 46.8 Å². The number of aromatic nitrogens is 2. The molecule has 2 aromatic carbocycles. The van der Waals surface area contributed by atoms with Crippen LogP contribution >= 0.6 is 12.2 Å². The van der Waals surface area contributed by atoms with Crippen LogP contribution in [0.15, 0.2) is 46.0 Å². The van der Waals surface area contributed by atoms with E-state index in [0.29, 0.717) is 16.2 Å². The van der Waals surface area contributed by atoms with E-state index < -0.39 is 0 Å². The summed E-state index contributed by atoms with van der Waals surface area (Å²) in [6.45, 7) is 4.18. The maximum absolute atomic E-state index is 12.2. The predicted octanol–water partition coefficient (Wildman–Crippen LogP) is 3.15. The number of benzene rings is 2. The summed E-state index contributed by atoms with van der Waals surface area (Å²) in [6, 6.07) is 11.2. The summed E-state index contributed by atoms with van der Waals surface area (Å²) >= 11 is 5.45. The molecule has 0 saturated heterocycles. The lowest BCUT2D eigenvalue weighted by Crippen LogP contribution is -2.24. The van der Waals surface area contributed by atoms with Gasteiger partial charge in [0.15, 0.2) is 5.11 Å². The summed E-state index contributed by atoms with van der Waals surface area (Å²) in [5.74, 6) is 0. The van der Waals surface area contributed by atoms with Crippen LogP contribution in [0.3, 0.4) is 0 Å². The highest BCUT2D eigenvalue weighted by molar-refractivity contribution is 7.80. The minimum absolute atomic E-state index is 0.278. The van der Waals surface area contributed by atoms with Crippen molar-refractivity contribution in [2.24, 2.45) is 0 Å². The molecule has 3 aromatic rings. The van der Waals surface area contributed by atoms with Crippen LogP contribution in [0.1, 0.15) is 25.0 Å². The highest BCUT2D eigenvalue weighted by Gasteiger charge is 2.11. The van der Waals surface area contributed by atoms with Crippen molar-refractivity contribution >= 4 is 39.5 Å². The monoisotopic (exact) mass is 368 g/mol. The Bertz CT molecular complexity index is 1060. The summed E-state index contributed by atoms with van der Waals surface area (Å²) in [7, 11) is 0. The van der Waals surface area contributed by atoms with E-state index in [0.717, 1.165) is 18.5 Å². The van der Waals surface area contributed by atoms with Crippen molar-refractivity contribution in [2.45, 2.75) is 26.7 Å². The molecule has 0 radical (unpaired) electrons. The molecule has 0 aliphatic carbocycles. The Morgan fingerprint density at radius 1 is 0.923 bits per heavy atom. The van der Waals surface area contributed by atoms with E-state index in [-0.39, 0.29) is 16.5 Å². The molecule has 26 heavy (non-hydrogen) atoms. The first-order valence-electron chi connectivity index (χ1n) is 8.47. The molecule has 134 valence electrons. The number of rotatable bonds is 4. The number of fused-ring (bicyclic) bond motifs is 1. The van der Waals surface area contributed by atoms with Crippen LogP contribution in [0.4, 0.5) is 11.4 Å². The quantitative estimate of drug-likeness (QED) is 0.531. The molecule has 0 unspecified atom stereocenters. The smallest absolute Gasteiger partial charge is 0.272 e. The summed E-state index contributed by atoms with van der Waals surface area (Å²) in [5, 5.41) is 11.9. The van der Waals surface area contributed by atoms with Crippen LogP contribution < -0.4 is 21.8 Å². The number of aromatic amines is 2. The van der Waals surface area contributed by atoms with Crippen molar-refractivity contribution in [3.05, 3.63) is 68.2 Å². The standard InChI is InChI=1S/C19H20N4O2S/c1-3-11-7-5-8-12(4-2)16(11)21-19(26)20-14-10-6-9-13-15(14)18(25)23-22-17(13)24/h5-10H,3-4H2,1-2H3,(H,22,24)(H,23,25)(H2,20,21,26). The number of aryl methyl sites for hydroxylation is 2. The van der Waals surface area contributed by atoms with Gasteiger partial charge >= 0.3 is 0 Å². The maximum Gasteiger partial charge on any atom is 0.272 e. The third-order valence-corrected chi connectivity index (χ3v) is 4.52. The lowest BCUT2D eigenvalue weighted by atomic mass is 10.0. The molecule has 4 N–H and O–H groups in total. The van der Waals surface area contributed by atoms with Gasteiger partial charge in [0, 0.05) is 5.69 Å². The Hall–Kier alpha value is -2.93. The Morgan fingerprint density at radius 2 is 1.54 bits per heavy atom. The summed E-state index contributed by atoms with van der Waals surface area (Å²) in [4.78, 5) is 24.1. The van der Waals surface area contributed by atoms with Crippen molar-refractivity contribution < 1.29 is 0 Å². The number of hydrogen-bond acceptors (Lipinski definition) is 3. The van der Waals surface area contributed by atoms with Gasteiger partial charge in [0.25, 0.3) is 11.1 Å². The highest BCUT2D eigenvalue weighted by Crippen LogP contribution is 2.23. The number of anilines is 2. The van der Waals surface area contributed by atoms with E-state index >= 15 is 0 Å². The van der Waals surface area contributed by atoms with Gasteiger partial charge in [0.1, 0.15) is 0 Å². The number of nitrogens with one attached hydrogen (secondary N) is 4. The zero-order chi connectivity index (χ0) is 18.7. The minimum atomic E-state index is -0.381. The topological polar surface area (TPSA) is 89.8 Å². The molecule has 0 saturated carbocycles. The fraction of sp³-hybridized carbons (Fsp3) is 0.211. The van der Waals surface area contributed by atoms with Crippen LogP contribution in [-0.4, -0.2) is 15.3 Å². The molecule has 0 aliphatic rings. The largest absolute Gasteiger partial charge is 0.332 e. The molecule has 0 atom stereocenters. The van der Waals surface area contributed by atoms with Gasteiger partial charge in [-0.2, -0.15) is 0 Å². The predicted molar refractivity (Wildman–Crippen MR) is 110 cm³/mol. The van der Waals surface area contributed by atoms with Gasteiger partial charge in [-0.3, -0.25) is 19.8 Å². The molecule has 0 bridgehead atoms. The first-order chi connectivity index (χ1) is 12.5. The molecule has 1 aromatic heterocycles. The summed E-state index contributed by atoms with van der Waals surface area (Å²) in [5.41, 5.74) is 3.07. The molecule has 0 fully saturated rings. The average molecular weight is 368 g/mol. The van der Waals surface area contributed by atoms with Gasteiger partial charge in [0.2, 0.25) is 0 Å². The maximum atomic E-state index is 12.2. The van der Waals surface area contributed by atoms with E-state index in [1.807, 2.05) is 6.07 Å². The van der Waals surface area contributed by atoms with Crippen molar-refractivity contribution in [2.75, 3.05) is 10.6 Å². The zero-order valence-electron chi connectivity index (χ0n) is 14.6. The average Bonchev–Trinajstić information content (AvgIpc) is 2.65. The van der Waals surface area contributed by atoms with Crippen LogP contribution in [0.25, 0.3) is 10.8 Å². The third-order valence-electron chi connectivity index (χ3n) is 4.31. The van der Waals surface area contributed by atoms with Crippen LogP contribution in [0, 0.1) is 0 Å². The Kier molecular flexibility index (Phi) is 5.18. The van der Waals surface area contributed by atoms with Crippen molar-refractivity contribution in [1.82, 2.24) is 10.2 Å². The molecule has 0 spiro atoms. The van der Waals surface area contributed by atoms with Crippen molar-refractivity contribution in [3.8, 4) is 0 Å². The highest BCUT2D eigenvalue weighted by atomic mass is 32.1. The van der Waals surface area contributed by atoms with Gasteiger partial charge in [-0.1, -0.05) is 38.1 Å². The molecule has 0 aliphatic heterocycles. The van der Waals surface area contributed by atoms with E-state index in [1.165, 1.54) is 11.1 Å². The van der Waals surface area contributed by atoms with Gasteiger partial charge in [-0.15, -0.1) is 0 Å². The lowest BCUT2D eigenvalue weighted by Gasteiger charge is -2.17. The van der Waals surface area contributed by atoms with Crippen molar-refractivity contribution in [1.29, 1.82) is 0 Å². The second-order valence-corrected chi connectivity index (χ2v) is 6.28. The number of hydrogen-bond donors (Lipinski definition) is 4. The second-order valence-electron chi connectivity index (χ2n) is 5.87. The Morgan fingerprint density at radius 3 is 2.19 bits per heavy atom. The first kappa shape index (κ1) is 17.9. The van der Waals surface area contributed by atoms with E-state index in [1.54, 1.807) is 18.2 Å². The van der Waals surface area contributed by atoms with E-state index in [4.69, 9.17) is 12.2 Å². The fourth-order valence-corrected chi connectivity index (χ4v) is 3.22. The zero-order valence-corrected chi connectivity index (χ0v) is 15.4. The summed E-state index contributed by atoms with van der Waals surface area (Å²) in [6.07, 6.45) is 1.75. The molecule has 6 nitrogen and oxygen atoms in total. The van der Waals surface area contributed by atoms with Crippen LogP contribution in [-0.2, 0) is 12.8 Å². The number of thiocarbonyl (C=S) groups is 1. The SMILES string of the molecule is CCc1cccc(CC)c1NC(=S)Nc1cccc2c(=O)[nH][nH]c(=O)c12. The van der Waals surface area contributed by atoms with Gasteiger partial charge in [-0.05, 0) is 48.3 Å². The van der Waals surface area contributed by atoms with Gasteiger partial charge in [0.05, 0.1) is 16.5 Å². The minimum Gasteiger partial charge on any atom is -0.332 e. The normalized spacial score (nSPS) is 10.7. The van der Waals surface area contributed by atoms with Crippen LogP contribution in [0.2, 0.25) is 0 Å². The third kappa shape index (κ3) is 3.39. The first-order valence-corrected chi connectivity index (χ1v) is 8.88. The van der Waals surface area contributed by atoms with Gasteiger partial charge in [-0.25, -0.2) is 0 Å². The molecule has 3 rings (SSSR count). The molecule has 7 heteroatoms. The number of H-pyrrole nitrogens is 2. The van der Waals surface area contributed by atoms with Crippen molar-refractivity contribution in [3.63, 3.8) is 0 Å². The molecule has 0 amide bonds. The van der Waals surface area contributed by atoms with Gasteiger partial charge < -0.3 is 10.6 Å². The molecular formula is C19H20N4O2S. The molecular weight excluding hydrogens is 348 g/mol.